The summed E-state index contributed by atoms with van der Waals surface area (Å²) in [5, 5.41) is 0. The van der Waals surface area contributed by atoms with E-state index in [0.29, 0.717) is 23.7 Å². The molecule has 1 aliphatic rings. The Bertz CT molecular complexity index is 911. The van der Waals surface area contributed by atoms with Gasteiger partial charge in [0.05, 0.1) is 6.61 Å². The highest BCUT2D eigenvalue weighted by atomic mass is 32.2. The molecule has 0 radical (unpaired) electrons. The van der Waals surface area contributed by atoms with Crippen LogP contribution in [0.1, 0.15) is 25.0 Å². The molecule has 1 atom stereocenters. The number of hydrogen-bond donors (Lipinski definition) is 1. The zero-order valence-corrected chi connectivity index (χ0v) is 15.2. The molecule has 3 rings (SSSR count). The van der Waals surface area contributed by atoms with Gasteiger partial charge in [-0.1, -0.05) is 6.07 Å². The van der Waals surface area contributed by atoms with Gasteiger partial charge in [0.15, 0.2) is 4.90 Å². The van der Waals surface area contributed by atoms with Gasteiger partial charge in [-0.25, -0.2) is 21.9 Å². The molecule has 1 aliphatic heterocycles. The average molecular weight is 383 g/mol. The van der Waals surface area contributed by atoms with Gasteiger partial charge in [-0.05, 0) is 38.1 Å². The molecule has 1 heterocycles. The van der Waals surface area contributed by atoms with Crippen LogP contribution in [0.4, 0.5) is 8.78 Å². The van der Waals surface area contributed by atoms with E-state index >= 15 is 0 Å². The Balaban J connectivity index is 1.88. The summed E-state index contributed by atoms with van der Waals surface area (Å²) in [4.78, 5) is -0.996. The van der Waals surface area contributed by atoms with Crippen molar-refractivity contribution in [3.63, 3.8) is 0 Å². The normalized spacial score (nSPS) is 16.2. The summed E-state index contributed by atoms with van der Waals surface area (Å²) in [7, 11) is -4.37. The Hall–Kier alpha value is -2.19. The molecule has 0 amide bonds. The maximum absolute atomic E-state index is 13.8. The van der Waals surface area contributed by atoms with Gasteiger partial charge in [0.1, 0.15) is 29.2 Å². The van der Waals surface area contributed by atoms with Crippen LogP contribution in [-0.2, 0) is 23.0 Å². The molecule has 0 spiro atoms. The lowest BCUT2D eigenvalue weighted by Crippen LogP contribution is -2.25. The van der Waals surface area contributed by atoms with Crippen molar-refractivity contribution in [3.05, 3.63) is 53.1 Å². The van der Waals surface area contributed by atoms with Crippen molar-refractivity contribution in [2.45, 2.75) is 37.8 Å². The third-order valence-electron chi connectivity index (χ3n) is 4.02. The minimum atomic E-state index is -4.37. The van der Waals surface area contributed by atoms with Gasteiger partial charge in [-0.3, -0.25) is 0 Å². The number of rotatable bonds is 6. The first-order chi connectivity index (χ1) is 12.3. The van der Waals surface area contributed by atoms with E-state index in [2.05, 4.69) is 4.72 Å². The lowest BCUT2D eigenvalue weighted by molar-refractivity contribution is 0.254. The molecule has 0 fully saturated rings. The third-order valence-corrected chi connectivity index (χ3v) is 5.47. The zero-order chi connectivity index (χ0) is 18.9. The average Bonchev–Trinajstić information content (AvgIpc) is 2.91. The molecule has 26 heavy (non-hydrogen) atoms. The summed E-state index contributed by atoms with van der Waals surface area (Å²) >= 11 is 0. The van der Waals surface area contributed by atoms with Crippen molar-refractivity contribution >= 4 is 10.0 Å². The number of hydrogen-bond acceptors (Lipinski definition) is 4. The Morgan fingerprint density at radius 3 is 2.62 bits per heavy atom. The first kappa shape index (κ1) is 18.6. The predicted octanol–water partition coefficient (Wildman–Crippen LogP) is 3.17. The molecule has 0 saturated heterocycles. The molecule has 1 N–H and O–H groups in total. The quantitative estimate of drug-likeness (QED) is 0.832. The predicted molar refractivity (Wildman–Crippen MR) is 91.8 cm³/mol. The van der Waals surface area contributed by atoms with Crippen molar-refractivity contribution in [1.29, 1.82) is 0 Å². The van der Waals surface area contributed by atoms with Crippen LogP contribution in [0.5, 0.6) is 11.5 Å². The van der Waals surface area contributed by atoms with Gasteiger partial charge in [0.2, 0.25) is 10.0 Å². The van der Waals surface area contributed by atoms with Crippen LogP contribution in [0.2, 0.25) is 0 Å². The number of benzene rings is 2. The molecule has 2 aromatic rings. The van der Waals surface area contributed by atoms with E-state index in [0.717, 1.165) is 30.2 Å². The minimum Gasteiger partial charge on any atom is -0.494 e. The van der Waals surface area contributed by atoms with Crippen LogP contribution < -0.4 is 14.2 Å². The van der Waals surface area contributed by atoms with Crippen LogP contribution in [0.3, 0.4) is 0 Å². The molecule has 0 aliphatic carbocycles. The van der Waals surface area contributed by atoms with Crippen LogP contribution in [0, 0.1) is 11.6 Å². The molecule has 8 heteroatoms. The van der Waals surface area contributed by atoms with Gasteiger partial charge in [-0.15, -0.1) is 0 Å². The highest BCUT2D eigenvalue weighted by Crippen LogP contribution is 2.35. The van der Waals surface area contributed by atoms with E-state index in [1.807, 2.05) is 19.9 Å². The van der Waals surface area contributed by atoms with Crippen molar-refractivity contribution in [2.24, 2.45) is 0 Å². The lowest BCUT2D eigenvalue weighted by atomic mass is 10.1. The molecule has 0 saturated carbocycles. The van der Waals surface area contributed by atoms with E-state index in [-0.39, 0.29) is 12.6 Å². The summed E-state index contributed by atoms with van der Waals surface area (Å²) in [6.45, 7) is 3.96. The second kappa shape index (κ2) is 7.20. The Kier molecular flexibility index (Phi) is 5.15. The van der Waals surface area contributed by atoms with E-state index < -0.39 is 26.6 Å². The van der Waals surface area contributed by atoms with Crippen LogP contribution in [-0.4, -0.2) is 21.1 Å². The summed E-state index contributed by atoms with van der Waals surface area (Å²) < 4.78 is 65.8. The number of nitrogens with one attached hydrogen (secondary N) is 1. The Labute approximate surface area is 151 Å². The van der Waals surface area contributed by atoms with E-state index in [9.17, 15) is 17.2 Å². The van der Waals surface area contributed by atoms with Crippen molar-refractivity contribution < 1.29 is 26.7 Å². The zero-order valence-electron chi connectivity index (χ0n) is 14.4. The maximum atomic E-state index is 13.8. The molecule has 0 unspecified atom stereocenters. The van der Waals surface area contributed by atoms with E-state index in [1.165, 1.54) is 0 Å². The lowest BCUT2D eigenvalue weighted by Gasteiger charge is -2.14. The Morgan fingerprint density at radius 1 is 1.27 bits per heavy atom. The monoisotopic (exact) mass is 383 g/mol. The molecule has 5 nitrogen and oxygen atoms in total. The third kappa shape index (κ3) is 3.66. The van der Waals surface area contributed by atoms with Gasteiger partial charge in [0.25, 0.3) is 0 Å². The number of ether oxygens (including phenoxy) is 2. The summed E-state index contributed by atoms with van der Waals surface area (Å²) in [5.41, 5.74) is 1.51. The summed E-state index contributed by atoms with van der Waals surface area (Å²) in [6, 6.07) is 6.41. The largest absolute Gasteiger partial charge is 0.494 e. The van der Waals surface area contributed by atoms with Gasteiger partial charge < -0.3 is 9.47 Å². The Morgan fingerprint density at radius 2 is 1.96 bits per heavy atom. The smallest absolute Gasteiger partial charge is 0.246 e. The summed E-state index contributed by atoms with van der Waals surface area (Å²) in [6.07, 6.45) is 0.765. The van der Waals surface area contributed by atoms with Gasteiger partial charge in [-0.2, -0.15) is 0 Å². The van der Waals surface area contributed by atoms with Gasteiger partial charge in [0, 0.05) is 24.1 Å². The fourth-order valence-electron chi connectivity index (χ4n) is 2.89. The van der Waals surface area contributed by atoms with Crippen molar-refractivity contribution in [3.8, 4) is 11.5 Å². The van der Waals surface area contributed by atoms with E-state index in [4.69, 9.17) is 9.47 Å². The molecule has 2 aromatic carbocycles. The number of sulfonamides is 1. The van der Waals surface area contributed by atoms with Crippen molar-refractivity contribution in [2.75, 3.05) is 6.61 Å². The topological polar surface area (TPSA) is 64.6 Å². The highest BCUT2D eigenvalue weighted by molar-refractivity contribution is 7.89. The number of fused-ring (bicyclic) bond motifs is 1. The highest BCUT2D eigenvalue weighted by Gasteiger charge is 2.26. The van der Waals surface area contributed by atoms with Crippen LogP contribution in [0.25, 0.3) is 0 Å². The van der Waals surface area contributed by atoms with Crippen LogP contribution >= 0.6 is 0 Å². The molecule has 0 bridgehead atoms. The van der Waals surface area contributed by atoms with Crippen LogP contribution in [0.15, 0.2) is 35.2 Å². The van der Waals surface area contributed by atoms with Crippen molar-refractivity contribution in [1.82, 2.24) is 4.72 Å². The second-order valence-electron chi connectivity index (χ2n) is 6.01. The fourth-order valence-corrected chi connectivity index (χ4v) is 4.03. The molecular formula is C18H19F2NO4S. The maximum Gasteiger partial charge on any atom is 0.246 e. The molecule has 140 valence electrons. The molecular weight excluding hydrogens is 364 g/mol. The van der Waals surface area contributed by atoms with Gasteiger partial charge >= 0.3 is 0 Å². The summed E-state index contributed by atoms with van der Waals surface area (Å²) in [5.74, 6) is -1.12. The first-order valence-electron chi connectivity index (χ1n) is 8.20. The van der Waals surface area contributed by atoms with E-state index in [1.54, 1.807) is 6.07 Å². The second-order valence-corrected chi connectivity index (χ2v) is 7.71. The standard InChI is InChI=1S/C18H19F2NO4S/c1-3-24-16-8-12-7-11(2)25-17(12)9-13(16)10-21-26(22,23)18-14(19)5-4-6-15(18)20/h4-6,8-9,11,21H,3,7,10H2,1-2H3/t11-/m1/s1. The fraction of sp³-hybridized carbons (Fsp3) is 0.333. The number of halogens is 2. The molecule has 0 aromatic heterocycles. The first-order valence-corrected chi connectivity index (χ1v) is 9.69. The SMILES string of the molecule is CCOc1cc2c(cc1CNS(=O)(=O)c1c(F)cccc1F)O[C@H](C)C2. The minimum absolute atomic E-state index is 0.0268.